The molecule has 0 aliphatic carbocycles. The van der Waals surface area contributed by atoms with Crippen LogP contribution in [0, 0.1) is 5.82 Å². The standard InChI is InChI=1S/C24H24FNO6S/c1-30-15-14-26(24(27)22-8-3-4-9-23(22)31-2)17-18-6-5-7-20(16-18)32-33(28,29)21-12-10-19(25)11-13-21/h3-13,16H,14-15,17H2,1-2H3. The molecule has 0 unspecified atom stereocenters. The number of benzene rings is 3. The number of halogens is 1. The van der Waals surface area contributed by atoms with Gasteiger partial charge in [-0.3, -0.25) is 4.79 Å². The third-order valence-corrected chi connectivity index (χ3v) is 6.03. The Morgan fingerprint density at radius 1 is 0.970 bits per heavy atom. The van der Waals surface area contributed by atoms with Crippen LogP contribution in [0.3, 0.4) is 0 Å². The second kappa shape index (κ2) is 10.9. The molecule has 0 aliphatic heterocycles. The van der Waals surface area contributed by atoms with Crippen LogP contribution in [0.5, 0.6) is 11.5 Å². The van der Waals surface area contributed by atoms with E-state index >= 15 is 0 Å². The summed E-state index contributed by atoms with van der Waals surface area (Å²) in [5.74, 6) is -0.276. The lowest BCUT2D eigenvalue weighted by atomic mass is 10.1. The Morgan fingerprint density at radius 3 is 2.39 bits per heavy atom. The molecule has 33 heavy (non-hydrogen) atoms. The SMILES string of the molecule is COCCN(Cc1cccc(OS(=O)(=O)c2ccc(F)cc2)c1)C(=O)c1ccccc1OC. The maximum atomic E-state index is 13.2. The van der Waals surface area contributed by atoms with Gasteiger partial charge in [0.05, 0.1) is 19.3 Å². The van der Waals surface area contributed by atoms with Gasteiger partial charge in [-0.2, -0.15) is 8.42 Å². The van der Waals surface area contributed by atoms with Crippen molar-refractivity contribution in [1.82, 2.24) is 4.90 Å². The Kier molecular flexibility index (Phi) is 8.02. The van der Waals surface area contributed by atoms with E-state index in [4.69, 9.17) is 13.7 Å². The molecule has 0 spiro atoms. The molecule has 0 heterocycles. The Bertz CT molecular complexity index is 1200. The van der Waals surface area contributed by atoms with E-state index in [0.29, 0.717) is 30.0 Å². The molecule has 0 bridgehead atoms. The molecule has 0 saturated heterocycles. The second-order valence-corrected chi connectivity index (χ2v) is 8.60. The minimum Gasteiger partial charge on any atom is -0.496 e. The summed E-state index contributed by atoms with van der Waals surface area (Å²) in [7, 11) is -1.11. The number of hydrogen-bond acceptors (Lipinski definition) is 6. The van der Waals surface area contributed by atoms with Crippen LogP contribution in [0.4, 0.5) is 4.39 Å². The van der Waals surface area contributed by atoms with Gasteiger partial charge in [0.2, 0.25) is 0 Å². The van der Waals surface area contributed by atoms with Gasteiger partial charge in [-0.15, -0.1) is 0 Å². The van der Waals surface area contributed by atoms with Crippen molar-refractivity contribution >= 4 is 16.0 Å². The summed E-state index contributed by atoms with van der Waals surface area (Å²) in [4.78, 5) is 14.6. The van der Waals surface area contributed by atoms with Crippen molar-refractivity contribution in [3.63, 3.8) is 0 Å². The topological polar surface area (TPSA) is 82.1 Å². The van der Waals surface area contributed by atoms with E-state index in [0.717, 1.165) is 24.3 Å². The highest BCUT2D eigenvalue weighted by atomic mass is 32.2. The summed E-state index contributed by atoms with van der Waals surface area (Å²) in [6, 6.07) is 17.7. The van der Waals surface area contributed by atoms with Crippen molar-refractivity contribution in [2.75, 3.05) is 27.4 Å². The number of ether oxygens (including phenoxy) is 2. The average molecular weight is 474 g/mol. The van der Waals surface area contributed by atoms with Gasteiger partial charge >= 0.3 is 10.1 Å². The van der Waals surface area contributed by atoms with E-state index in [9.17, 15) is 17.6 Å². The van der Waals surface area contributed by atoms with E-state index in [1.165, 1.54) is 19.2 Å². The normalized spacial score (nSPS) is 11.1. The first-order chi connectivity index (χ1) is 15.8. The van der Waals surface area contributed by atoms with Crippen molar-refractivity contribution < 1.29 is 31.3 Å². The molecule has 0 fully saturated rings. The van der Waals surface area contributed by atoms with Crippen LogP contribution in [-0.4, -0.2) is 46.6 Å². The van der Waals surface area contributed by atoms with Crippen LogP contribution >= 0.6 is 0 Å². The highest BCUT2D eigenvalue weighted by molar-refractivity contribution is 7.87. The highest BCUT2D eigenvalue weighted by Crippen LogP contribution is 2.23. The maximum Gasteiger partial charge on any atom is 0.339 e. The second-order valence-electron chi connectivity index (χ2n) is 7.06. The molecule has 0 atom stereocenters. The molecule has 0 radical (unpaired) electrons. The average Bonchev–Trinajstić information content (AvgIpc) is 2.81. The van der Waals surface area contributed by atoms with Gasteiger partial charge in [0.25, 0.3) is 5.91 Å². The third kappa shape index (κ3) is 6.30. The highest BCUT2D eigenvalue weighted by Gasteiger charge is 2.21. The zero-order valence-corrected chi connectivity index (χ0v) is 19.0. The van der Waals surface area contributed by atoms with Gasteiger partial charge in [-0.25, -0.2) is 4.39 Å². The molecule has 0 aromatic heterocycles. The van der Waals surface area contributed by atoms with Crippen molar-refractivity contribution in [2.24, 2.45) is 0 Å². The van der Waals surface area contributed by atoms with E-state index in [1.807, 2.05) is 0 Å². The van der Waals surface area contributed by atoms with Crippen LogP contribution in [-0.2, 0) is 21.4 Å². The van der Waals surface area contributed by atoms with Crippen LogP contribution in [0.1, 0.15) is 15.9 Å². The van der Waals surface area contributed by atoms with Gasteiger partial charge in [-0.1, -0.05) is 24.3 Å². The van der Waals surface area contributed by atoms with E-state index < -0.39 is 15.9 Å². The van der Waals surface area contributed by atoms with Gasteiger partial charge < -0.3 is 18.6 Å². The Morgan fingerprint density at radius 2 is 1.70 bits per heavy atom. The zero-order chi connectivity index (χ0) is 23.8. The minimum atomic E-state index is -4.14. The lowest BCUT2D eigenvalue weighted by molar-refractivity contribution is 0.0677. The van der Waals surface area contributed by atoms with E-state index in [-0.39, 0.29) is 23.1 Å². The fourth-order valence-corrected chi connectivity index (χ4v) is 4.06. The van der Waals surface area contributed by atoms with E-state index in [2.05, 4.69) is 0 Å². The first kappa shape index (κ1) is 24.2. The Hall–Kier alpha value is -3.43. The fourth-order valence-electron chi connectivity index (χ4n) is 3.14. The fraction of sp³-hybridized carbons (Fsp3) is 0.208. The molecule has 3 aromatic carbocycles. The van der Waals surface area contributed by atoms with Crippen molar-refractivity contribution in [3.8, 4) is 11.5 Å². The van der Waals surface area contributed by atoms with Crippen LogP contribution in [0.15, 0.2) is 77.7 Å². The smallest absolute Gasteiger partial charge is 0.339 e. The first-order valence-corrected chi connectivity index (χ1v) is 11.4. The Balaban J connectivity index is 1.82. The number of hydrogen-bond donors (Lipinski definition) is 0. The van der Waals surface area contributed by atoms with Gasteiger partial charge in [0, 0.05) is 20.2 Å². The number of para-hydroxylation sites is 1. The number of methoxy groups -OCH3 is 2. The summed E-state index contributed by atoms with van der Waals surface area (Å²) >= 11 is 0. The predicted octanol–water partition coefficient (Wildman–Crippen LogP) is 3.89. The monoisotopic (exact) mass is 473 g/mol. The van der Waals surface area contributed by atoms with Gasteiger partial charge in [0.15, 0.2) is 0 Å². The summed E-state index contributed by atoms with van der Waals surface area (Å²) in [5.41, 5.74) is 1.06. The number of amides is 1. The van der Waals surface area contributed by atoms with Gasteiger partial charge in [0.1, 0.15) is 22.2 Å². The number of nitrogens with zero attached hydrogens (tertiary/aromatic N) is 1. The molecule has 0 saturated carbocycles. The molecule has 1 amide bonds. The largest absolute Gasteiger partial charge is 0.496 e. The number of carbonyl (C=O) groups is 1. The first-order valence-electron chi connectivity index (χ1n) is 10.0. The summed E-state index contributed by atoms with van der Waals surface area (Å²) in [6.45, 7) is 0.816. The lowest BCUT2D eigenvalue weighted by Gasteiger charge is -2.23. The minimum absolute atomic E-state index is 0.0771. The van der Waals surface area contributed by atoms with Crippen LogP contribution in [0.2, 0.25) is 0 Å². The quantitative estimate of drug-likeness (QED) is 0.416. The molecule has 0 aliphatic rings. The molecule has 3 aromatic rings. The number of rotatable bonds is 10. The summed E-state index contributed by atoms with van der Waals surface area (Å²) < 4.78 is 53.8. The number of carbonyl (C=O) groups excluding carboxylic acids is 1. The molecular weight excluding hydrogens is 449 g/mol. The van der Waals surface area contributed by atoms with Crippen LogP contribution in [0.25, 0.3) is 0 Å². The summed E-state index contributed by atoms with van der Waals surface area (Å²) in [5, 5.41) is 0. The van der Waals surface area contributed by atoms with Crippen molar-refractivity contribution in [3.05, 3.63) is 89.7 Å². The van der Waals surface area contributed by atoms with Gasteiger partial charge in [-0.05, 0) is 54.1 Å². The van der Waals surface area contributed by atoms with Crippen LogP contribution < -0.4 is 8.92 Å². The molecule has 7 nitrogen and oxygen atoms in total. The van der Waals surface area contributed by atoms with Crippen molar-refractivity contribution in [1.29, 1.82) is 0 Å². The molecule has 174 valence electrons. The lowest BCUT2D eigenvalue weighted by Crippen LogP contribution is -2.33. The predicted molar refractivity (Wildman–Crippen MR) is 120 cm³/mol. The molecule has 0 N–H and O–H groups in total. The maximum absolute atomic E-state index is 13.2. The van der Waals surface area contributed by atoms with Crippen molar-refractivity contribution in [2.45, 2.75) is 11.4 Å². The third-order valence-electron chi connectivity index (χ3n) is 4.77. The molecule has 3 rings (SSSR count). The Labute approximate surface area is 192 Å². The van der Waals surface area contributed by atoms with E-state index in [1.54, 1.807) is 48.4 Å². The summed E-state index contributed by atoms with van der Waals surface area (Å²) in [6.07, 6.45) is 0. The zero-order valence-electron chi connectivity index (χ0n) is 18.2. The molecule has 9 heteroatoms. The molecular formula is C24H24FNO6S.